The van der Waals surface area contributed by atoms with Gasteiger partial charge in [0.2, 0.25) is 10.0 Å². The molecule has 0 bridgehead atoms. The van der Waals surface area contributed by atoms with E-state index in [1.165, 1.54) is 0 Å². The van der Waals surface area contributed by atoms with Crippen LogP contribution in [0.1, 0.15) is 27.2 Å². The lowest BCUT2D eigenvalue weighted by molar-refractivity contribution is 0.226. The van der Waals surface area contributed by atoms with Crippen molar-refractivity contribution in [2.45, 2.75) is 38.2 Å². The van der Waals surface area contributed by atoms with Gasteiger partial charge in [-0.25, -0.2) is 13.1 Å². The lowest BCUT2D eigenvalue weighted by Crippen LogP contribution is -2.29. The molecular weight excluding hydrogens is 276 g/mol. The second kappa shape index (κ2) is 6.01. The Labute approximate surface area is 120 Å². The van der Waals surface area contributed by atoms with Gasteiger partial charge in [-0.1, -0.05) is 13.8 Å². The van der Waals surface area contributed by atoms with E-state index in [0.29, 0.717) is 24.8 Å². The average Bonchev–Trinajstić information content (AvgIpc) is 2.37. The van der Waals surface area contributed by atoms with Crippen molar-refractivity contribution in [2.75, 3.05) is 18.4 Å². The summed E-state index contributed by atoms with van der Waals surface area (Å²) in [6.45, 7) is 7.23. The van der Waals surface area contributed by atoms with E-state index >= 15 is 0 Å². The fourth-order valence-corrected chi connectivity index (χ4v) is 3.07. The number of hydrogen-bond acceptors (Lipinski definition) is 4. The van der Waals surface area contributed by atoms with Crippen LogP contribution in [0.5, 0.6) is 5.75 Å². The maximum Gasteiger partial charge on any atom is 0.240 e. The molecule has 20 heavy (non-hydrogen) atoms. The molecule has 0 amide bonds. The number of nitrogens with one attached hydrogen (secondary N) is 2. The Hall–Kier alpha value is -1.27. The van der Waals surface area contributed by atoms with Crippen LogP contribution >= 0.6 is 0 Å². The summed E-state index contributed by atoms with van der Waals surface area (Å²) in [7, 11) is -3.45. The minimum atomic E-state index is -3.45. The molecule has 5 nitrogen and oxygen atoms in total. The van der Waals surface area contributed by atoms with E-state index in [4.69, 9.17) is 4.74 Å². The summed E-state index contributed by atoms with van der Waals surface area (Å²) in [5.74, 6) is 1.17. The Morgan fingerprint density at radius 3 is 2.90 bits per heavy atom. The number of rotatable bonds is 5. The summed E-state index contributed by atoms with van der Waals surface area (Å²) in [4.78, 5) is 0.269. The quantitative estimate of drug-likeness (QED) is 0.874. The van der Waals surface area contributed by atoms with Crippen LogP contribution in [-0.2, 0) is 10.0 Å². The van der Waals surface area contributed by atoms with Crippen LogP contribution in [0.25, 0.3) is 0 Å². The molecule has 0 aromatic heterocycles. The van der Waals surface area contributed by atoms with Crippen LogP contribution < -0.4 is 14.8 Å². The molecule has 1 atom stereocenters. The molecule has 0 fully saturated rings. The van der Waals surface area contributed by atoms with Gasteiger partial charge >= 0.3 is 0 Å². The average molecular weight is 298 g/mol. The highest BCUT2D eigenvalue weighted by Crippen LogP contribution is 2.31. The molecule has 0 saturated carbocycles. The number of ether oxygens (including phenoxy) is 1. The number of anilines is 1. The van der Waals surface area contributed by atoms with Crippen molar-refractivity contribution in [3.63, 3.8) is 0 Å². The first kappa shape index (κ1) is 15.1. The van der Waals surface area contributed by atoms with Crippen molar-refractivity contribution >= 4 is 15.7 Å². The maximum atomic E-state index is 12.2. The van der Waals surface area contributed by atoms with Crippen molar-refractivity contribution < 1.29 is 13.2 Å². The molecular formula is C14H22N2O3S. The molecule has 0 saturated heterocycles. The second-order valence-corrected chi connectivity index (χ2v) is 7.31. The van der Waals surface area contributed by atoms with E-state index in [1.54, 1.807) is 18.2 Å². The Morgan fingerprint density at radius 2 is 2.20 bits per heavy atom. The molecule has 2 N–H and O–H groups in total. The molecule has 1 heterocycles. The molecule has 6 heteroatoms. The predicted octanol–water partition coefficient (Wildman–Crippen LogP) is 2.20. The van der Waals surface area contributed by atoms with Gasteiger partial charge in [-0.3, -0.25) is 0 Å². The molecule has 1 aliphatic heterocycles. The molecule has 1 aliphatic rings. The number of sulfonamides is 1. The second-order valence-electron chi connectivity index (χ2n) is 5.55. The van der Waals surface area contributed by atoms with E-state index in [-0.39, 0.29) is 11.0 Å². The van der Waals surface area contributed by atoms with Gasteiger partial charge < -0.3 is 10.1 Å². The van der Waals surface area contributed by atoms with Gasteiger partial charge in [0.15, 0.2) is 0 Å². The van der Waals surface area contributed by atoms with Crippen molar-refractivity contribution in [3.8, 4) is 5.75 Å². The fourth-order valence-electron chi connectivity index (χ4n) is 1.99. The van der Waals surface area contributed by atoms with Crippen LogP contribution in [0.3, 0.4) is 0 Å². The number of hydrogen-bond donors (Lipinski definition) is 2. The molecule has 1 aromatic rings. The normalized spacial score (nSPS) is 18.3. The monoisotopic (exact) mass is 298 g/mol. The molecule has 2 rings (SSSR count). The van der Waals surface area contributed by atoms with Gasteiger partial charge in [-0.15, -0.1) is 0 Å². The highest BCUT2D eigenvalue weighted by atomic mass is 32.2. The Kier molecular flexibility index (Phi) is 4.55. The first-order valence-corrected chi connectivity index (χ1v) is 8.41. The van der Waals surface area contributed by atoms with Crippen molar-refractivity contribution in [2.24, 2.45) is 5.92 Å². The molecule has 0 spiro atoms. The van der Waals surface area contributed by atoms with Crippen molar-refractivity contribution in [3.05, 3.63) is 18.2 Å². The zero-order chi connectivity index (χ0) is 14.8. The lowest BCUT2D eigenvalue weighted by Gasteiger charge is -2.25. The van der Waals surface area contributed by atoms with Crippen LogP contribution in [0.2, 0.25) is 0 Å². The highest BCUT2D eigenvalue weighted by Gasteiger charge is 2.20. The summed E-state index contributed by atoms with van der Waals surface area (Å²) in [5.41, 5.74) is 0.731. The lowest BCUT2D eigenvalue weighted by atomic mass is 10.1. The Bertz CT molecular complexity index is 570. The number of benzene rings is 1. The molecule has 1 aromatic carbocycles. The summed E-state index contributed by atoms with van der Waals surface area (Å²) in [6, 6.07) is 4.91. The first-order chi connectivity index (χ1) is 9.38. The number of fused-ring (bicyclic) bond motifs is 1. The topological polar surface area (TPSA) is 67.4 Å². The van der Waals surface area contributed by atoms with Gasteiger partial charge in [-0.2, -0.15) is 0 Å². The summed E-state index contributed by atoms with van der Waals surface area (Å²) in [5, 5.41) is 3.18. The minimum absolute atomic E-state index is 0.0918. The van der Waals surface area contributed by atoms with Gasteiger partial charge in [0.05, 0.1) is 17.1 Å². The van der Waals surface area contributed by atoms with E-state index in [2.05, 4.69) is 23.9 Å². The zero-order valence-electron chi connectivity index (χ0n) is 12.1. The SMILES string of the molecule is CC(C)CCNS(=O)(=O)c1ccc2c(c1)NCC(C)O2. The van der Waals surface area contributed by atoms with Crippen LogP contribution in [-0.4, -0.2) is 27.6 Å². The molecule has 112 valence electrons. The zero-order valence-corrected chi connectivity index (χ0v) is 13.0. The Balaban J connectivity index is 2.12. The van der Waals surface area contributed by atoms with Crippen molar-refractivity contribution in [1.29, 1.82) is 0 Å². The van der Waals surface area contributed by atoms with Gasteiger partial charge in [0.25, 0.3) is 0 Å². The molecule has 0 aliphatic carbocycles. The summed E-state index contributed by atoms with van der Waals surface area (Å²) >= 11 is 0. The van der Waals surface area contributed by atoms with E-state index in [9.17, 15) is 8.42 Å². The van der Waals surface area contributed by atoms with Crippen molar-refractivity contribution in [1.82, 2.24) is 4.72 Å². The third-order valence-electron chi connectivity index (χ3n) is 3.18. The third kappa shape index (κ3) is 3.64. The predicted molar refractivity (Wildman–Crippen MR) is 79.7 cm³/mol. The van der Waals surface area contributed by atoms with E-state index in [1.807, 2.05) is 6.92 Å². The van der Waals surface area contributed by atoms with Crippen LogP contribution in [0, 0.1) is 5.92 Å². The standard InChI is InChI=1S/C14H22N2O3S/c1-10(2)6-7-16-20(17,18)12-4-5-14-13(8-12)15-9-11(3)19-14/h4-5,8,10-11,15-16H,6-7,9H2,1-3H3. The smallest absolute Gasteiger partial charge is 0.240 e. The largest absolute Gasteiger partial charge is 0.487 e. The van der Waals surface area contributed by atoms with Crippen LogP contribution in [0.4, 0.5) is 5.69 Å². The van der Waals surface area contributed by atoms with Gasteiger partial charge in [0.1, 0.15) is 11.9 Å². The van der Waals surface area contributed by atoms with Gasteiger partial charge in [0, 0.05) is 6.54 Å². The minimum Gasteiger partial charge on any atom is -0.487 e. The maximum absolute atomic E-state index is 12.2. The van der Waals surface area contributed by atoms with E-state index in [0.717, 1.165) is 12.1 Å². The summed E-state index contributed by atoms with van der Waals surface area (Å²) in [6.07, 6.45) is 0.914. The Morgan fingerprint density at radius 1 is 1.45 bits per heavy atom. The van der Waals surface area contributed by atoms with Gasteiger partial charge in [-0.05, 0) is 37.5 Å². The third-order valence-corrected chi connectivity index (χ3v) is 4.64. The van der Waals surface area contributed by atoms with Crippen LogP contribution in [0.15, 0.2) is 23.1 Å². The molecule has 1 unspecified atom stereocenters. The van der Waals surface area contributed by atoms with E-state index < -0.39 is 10.0 Å². The summed E-state index contributed by atoms with van der Waals surface area (Å²) < 4.78 is 32.6. The molecule has 0 radical (unpaired) electrons. The fraction of sp³-hybridized carbons (Fsp3) is 0.571. The first-order valence-electron chi connectivity index (χ1n) is 6.93. The highest BCUT2D eigenvalue weighted by molar-refractivity contribution is 7.89.